The molecule has 0 saturated carbocycles. The zero-order chi connectivity index (χ0) is 13.0. The molecule has 0 rings (SSSR count). The van der Waals surface area contributed by atoms with Gasteiger partial charge in [-0.25, -0.2) is 0 Å². The Morgan fingerprint density at radius 2 is 1.69 bits per heavy atom. The lowest BCUT2D eigenvalue weighted by molar-refractivity contribution is -0.139. The summed E-state index contributed by atoms with van der Waals surface area (Å²) in [6.07, 6.45) is 1.12. The second-order valence-electron chi connectivity index (χ2n) is 6.63. The van der Waals surface area contributed by atoms with Crippen LogP contribution in [0, 0.1) is 10.8 Å². The minimum absolute atomic E-state index is 0.0474. The average Bonchev–Trinajstić information content (AvgIpc) is 1.97. The molecule has 0 radical (unpaired) electrons. The first-order chi connectivity index (χ1) is 7.02. The highest BCUT2D eigenvalue weighted by Gasteiger charge is 2.29. The van der Waals surface area contributed by atoms with Crippen LogP contribution in [0.5, 0.6) is 0 Å². The Labute approximate surface area is 99.2 Å². The van der Waals surface area contributed by atoms with Crippen molar-refractivity contribution in [2.45, 2.75) is 60.5 Å². The first-order valence-corrected chi connectivity index (χ1v) is 5.86. The van der Waals surface area contributed by atoms with Crippen LogP contribution in [0.2, 0.25) is 0 Å². The van der Waals surface area contributed by atoms with E-state index in [1.54, 1.807) is 0 Å². The van der Waals surface area contributed by atoms with E-state index in [1.165, 1.54) is 0 Å². The number of hydrogen-bond donors (Lipinski definition) is 1. The third-order valence-electron chi connectivity index (χ3n) is 2.40. The van der Waals surface area contributed by atoms with Gasteiger partial charge in [0.05, 0.1) is 19.1 Å². The highest BCUT2D eigenvalue weighted by atomic mass is 16.5. The number of ether oxygens (including phenoxy) is 1. The molecule has 3 heteroatoms. The second-order valence-corrected chi connectivity index (χ2v) is 6.63. The van der Waals surface area contributed by atoms with Crippen LogP contribution in [-0.4, -0.2) is 23.8 Å². The Bertz CT molecular complexity index is 220. The molecule has 0 bridgehead atoms. The van der Waals surface area contributed by atoms with Crippen LogP contribution in [0.3, 0.4) is 0 Å². The largest absolute Gasteiger partial charge is 0.481 e. The van der Waals surface area contributed by atoms with Crippen molar-refractivity contribution in [2.24, 2.45) is 10.8 Å². The second kappa shape index (κ2) is 5.67. The van der Waals surface area contributed by atoms with Gasteiger partial charge < -0.3 is 9.84 Å². The lowest BCUT2D eigenvalue weighted by Crippen LogP contribution is -2.33. The van der Waals surface area contributed by atoms with E-state index < -0.39 is 5.97 Å². The molecule has 0 fully saturated rings. The molecular weight excluding hydrogens is 204 g/mol. The van der Waals surface area contributed by atoms with Crippen LogP contribution < -0.4 is 0 Å². The summed E-state index contributed by atoms with van der Waals surface area (Å²) in [6, 6.07) is 0. The fraction of sp³-hybridized carbons (Fsp3) is 0.923. The van der Waals surface area contributed by atoms with E-state index in [0.29, 0.717) is 6.61 Å². The molecule has 1 atom stereocenters. The molecule has 96 valence electrons. The van der Waals surface area contributed by atoms with Gasteiger partial charge in [-0.3, -0.25) is 4.79 Å². The first kappa shape index (κ1) is 15.4. The fourth-order valence-corrected chi connectivity index (χ4v) is 1.46. The van der Waals surface area contributed by atoms with E-state index in [1.807, 2.05) is 0 Å². The number of hydrogen-bond acceptors (Lipinski definition) is 2. The van der Waals surface area contributed by atoms with Crippen molar-refractivity contribution < 1.29 is 14.6 Å². The Hall–Kier alpha value is -0.570. The summed E-state index contributed by atoms with van der Waals surface area (Å²) in [4.78, 5) is 10.4. The van der Waals surface area contributed by atoms with Crippen LogP contribution >= 0.6 is 0 Å². The zero-order valence-electron chi connectivity index (χ0n) is 11.5. The van der Waals surface area contributed by atoms with Gasteiger partial charge in [0.1, 0.15) is 0 Å². The average molecular weight is 230 g/mol. The zero-order valence-corrected chi connectivity index (χ0v) is 11.5. The standard InChI is InChI=1S/C13H26O3/c1-12(2,3)9-10(13(4,5)6)16-8-7-11(14)15/h10H,7-9H2,1-6H3,(H,14,15). The number of carbonyl (C=O) groups is 1. The van der Waals surface area contributed by atoms with Gasteiger partial charge in [-0.1, -0.05) is 41.5 Å². The number of aliphatic carboxylic acids is 1. The lowest BCUT2D eigenvalue weighted by atomic mass is 9.78. The molecule has 0 saturated heterocycles. The third-order valence-corrected chi connectivity index (χ3v) is 2.40. The van der Waals surface area contributed by atoms with Gasteiger partial charge in [0.25, 0.3) is 0 Å². The fourth-order valence-electron chi connectivity index (χ4n) is 1.46. The van der Waals surface area contributed by atoms with Crippen molar-refractivity contribution in [1.29, 1.82) is 0 Å². The van der Waals surface area contributed by atoms with E-state index in [2.05, 4.69) is 41.5 Å². The van der Waals surface area contributed by atoms with E-state index in [-0.39, 0.29) is 23.4 Å². The Morgan fingerprint density at radius 1 is 1.19 bits per heavy atom. The summed E-state index contributed by atoms with van der Waals surface area (Å²) in [5.41, 5.74) is 0.243. The molecule has 0 amide bonds. The van der Waals surface area contributed by atoms with Gasteiger partial charge >= 0.3 is 5.97 Å². The minimum Gasteiger partial charge on any atom is -0.481 e. The van der Waals surface area contributed by atoms with E-state index in [0.717, 1.165) is 6.42 Å². The molecule has 0 aliphatic rings. The third kappa shape index (κ3) is 7.69. The molecule has 0 aromatic rings. The maximum Gasteiger partial charge on any atom is 0.305 e. The van der Waals surface area contributed by atoms with Crippen molar-refractivity contribution in [3.63, 3.8) is 0 Å². The van der Waals surface area contributed by atoms with Crippen molar-refractivity contribution >= 4 is 5.97 Å². The molecule has 3 nitrogen and oxygen atoms in total. The maximum atomic E-state index is 10.4. The van der Waals surface area contributed by atoms with E-state index in [4.69, 9.17) is 9.84 Å². The summed E-state index contributed by atoms with van der Waals surface area (Å²) in [6.45, 7) is 13.2. The van der Waals surface area contributed by atoms with Crippen LogP contribution in [0.4, 0.5) is 0 Å². The van der Waals surface area contributed by atoms with Crippen molar-refractivity contribution in [2.75, 3.05) is 6.61 Å². The molecule has 0 spiro atoms. The predicted octanol–water partition coefficient (Wildman–Crippen LogP) is 3.33. The van der Waals surface area contributed by atoms with Gasteiger partial charge in [-0.2, -0.15) is 0 Å². The highest BCUT2D eigenvalue weighted by Crippen LogP contribution is 2.32. The summed E-state index contributed by atoms with van der Waals surface area (Å²) >= 11 is 0. The summed E-state index contributed by atoms with van der Waals surface area (Å²) < 4.78 is 5.71. The Kier molecular flexibility index (Phi) is 5.47. The maximum absolute atomic E-state index is 10.4. The molecule has 0 aliphatic carbocycles. The van der Waals surface area contributed by atoms with Crippen molar-refractivity contribution in [1.82, 2.24) is 0 Å². The van der Waals surface area contributed by atoms with Crippen LogP contribution in [-0.2, 0) is 9.53 Å². The monoisotopic (exact) mass is 230 g/mol. The summed E-state index contributed by atoms with van der Waals surface area (Å²) in [5.74, 6) is -0.802. The van der Waals surface area contributed by atoms with E-state index in [9.17, 15) is 4.79 Å². The number of carboxylic acid groups (broad SMARTS) is 1. The number of rotatable bonds is 5. The van der Waals surface area contributed by atoms with Crippen LogP contribution in [0.15, 0.2) is 0 Å². The van der Waals surface area contributed by atoms with Gasteiger partial charge in [0, 0.05) is 0 Å². The molecule has 0 heterocycles. The molecule has 0 aromatic heterocycles. The Balaban J connectivity index is 4.29. The SMILES string of the molecule is CC(C)(C)CC(OCCC(=O)O)C(C)(C)C. The van der Waals surface area contributed by atoms with Crippen LogP contribution in [0.1, 0.15) is 54.4 Å². The number of carboxylic acids is 1. The highest BCUT2D eigenvalue weighted by molar-refractivity contribution is 5.66. The molecule has 0 aromatic carbocycles. The van der Waals surface area contributed by atoms with Crippen LogP contribution in [0.25, 0.3) is 0 Å². The summed E-state index contributed by atoms with van der Waals surface area (Å²) in [7, 11) is 0. The molecular formula is C13H26O3. The van der Waals surface area contributed by atoms with E-state index >= 15 is 0 Å². The van der Waals surface area contributed by atoms with Crippen molar-refractivity contribution in [3.05, 3.63) is 0 Å². The normalized spacial score (nSPS) is 14.9. The van der Waals surface area contributed by atoms with Gasteiger partial charge in [-0.15, -0.1) is 0 Å². The van der Waals surface area contributed by atoms with Gasteiger partial charge in [0.2, 0.25) is 0 Å². The molecule has 0 aliphatic heterocycles. The quantitative estimate of drug-likeness (QED) is 0.788. The lowest BCUT2D eigenvalue weighted by Gasteiger charge is -2.35. The molecule has 1 unspecified atom stereocenters. The smallest absolute Gasteiger partial charge is 0.305 e. The molecule has 16 heavy (non-hydrogen) atoms. The molecule has 1 N–H and O–H groups in total. The van der Waals surface area contributed by atoms with Crippen molar-refractivity contribution in [3.8, 4) is 0 Å². The Morgan fingerprint density at radius 3 is 2.00 bits per heavy atom. The summed E-state index contributed by atoms with van der Waals surface area (Å²) in [5, 5.41) is 8.58. The predicted molar refractivity (Wildman–Crippen MR) is 65.5 cm³/mol. The minimum atomic E-state index is -0.802. The van der Waals surface area contributed by atoms with Gasteiger partial charge in [0.15, 0.2) is 0 Å². The topological polar surface area (TPSA) is 46.5 Å². The first-order valence-electron chi connectivity index (χ1n) is 5.86. The van der Waals surface area contributed by atoms with Gasteiger partial charge in [-0.05, 0) is 17.3 Å².